The Morgan fingerprint density at radius 1 is 0.286 bits per heavy atom. The summed E-state index contributed by atoms with van der Waals surface area (Å²) in [5.74, 6) is 0.706. The Labute approximate surface area is 487 Å². The molecule has 4 heteroatoms. The molecule has 0 saturated carbocycles. The van der Waals surface area contributed by atoms with E-state index in [0.29, 0.717) is 5.82 Å². The lowest BCUT2D eigenvalue weighted by Crippen LogP contribution is -2.15. The first kappa shape index (κ1) is 47.2. The minimum Gasteiger partial charge on any atom is -0.309 e. The molecule has 3 aromatic heterocycles. The van der Waals surface area contributed by atoms with Crippen LogP contribution < -0.4 is 0 Å². The van der Waals surface area contributed by atoms with Gasteiger partial charge in [0, 0.05) is 66.0 Å². The van der Waals surface area contributed by atoms with E-state index in [1.807, 2.05) is 0 Å². The summed E-state index contributed by atoms with van der Waals surface area (Å²) >= 11 is 0. The fourth-order valence-corrected chi connectivity index (χ4v) is 15.2. The molecule has 3 aliphatic rings. The van der Waals surface area contributed by atoms with Gasteiger partial charge in [-0.25, -0.2) is 9.97 Å². The third-order valence-electron chi connectivity index (χ3n) is 19.3. The molecule has 0 aliphatic heterocycles. The van der Waals surface area contributed by atoms with E-state index in [9.17, 15) is 0 Å². The first-order valence-electron chi connectivity index (χ1n) is 29.4. The van der Waals surface area contributed by atoms with E-state index in [4.69, 9.17) is 9.97 Å². The molecule has 394 valence electrons. The summed E-state index contributed by atoms with van der Waals surface area (Å²) in [5, 5.41) is 7.37. The summed E-state index contributed by atoms with van der Waals surface area (Å²) in [5.41, 5.74) is 29.8. The van der Waals surface area contributed by atoms with Crippen molar-refractivity contribution in [2.75, 3.05) is 0 Å². The van der Waals surface area contributed by atoms with Crippen LogP contribution in [0.25, 0.3) is 155 Å². The van der Waals surface area contributed by atoms with Gasteiger partial charge in [-0.1, -0.05) is 216 Å². The molecule has 0 amide bonds. The van der Waals surface area contributed by atoms with E-state index in [0.717, 1.165) is 50.3 Å². The van der Waals surface area contributed by atoms with Crippen molar-refractivity contribution in [1.29, 1.82) is 0 Å². The SMILES string of the molecule is CC1(C)c2ccccc2-c2ccc(-n3c4ccccc4c4cc(-c5ccc(-c6nc(-c7cccc(-c8ccc9c(c8)c8ccccc8n9-c8ccc9c(c8)C(C)(C)c8ccccc8-9)c7)c7c(n6)-c6cccc8cccc-7c68)cc5)ccc43)cc21. The average molecular weight is 1070 g/mol. The molecule has 0 bridgehead atoms. The van der Waals surface area contributed by atoms with E-state index in [1.54, 1.807) is 0 Å². The van der Waals surface area contributed by atoms with Crippen molar-refractivity contribution in [3.05, 3.63) is 277 Å². The number of hydrogen-bond acceptors (Lipinski definition) is 2. The first-order chi connectivity index (χ1) is 41.2. The second-order valence-electron chi connectivity index (χ2n) is 24.5. The number of benzene rings is 12. The second kappa shape index (κ2) is 17.1. The molecule has 12 aromatic carbocycles. The highest BCUT2D eigenvalue weighted by Gasteiger charge is 2.37. The van der Waals surface area contributed by atoms with E-state index in [2.05, 4.69) is 292 Å². The van der Waals surface area contributed by atoms with Crippen LogP contribution in [0.15, 0.2) is 255 Å². The zero-order valence-electron chi connectivity index (χ0n) is 47.0. The molecule has 0 atom stereocenters. The topological polar surface area (TPSA) is 35.6 Å². The third-order valence-corrected chi connectivity index (χ3v) is 19.3. The van der Waals surface area contributed by atoms with Crippen LogP contribution in [0.1, 0.15) is 49.9 Å². The number of aromatic nitrogens is 4. The number of hydrogen-bond donors (Lipinski definition) is 0. The molecular formula is C80H54N4. The Morgan fingerprint density at radius 3 is 1.33 bits per heavy atom. The van der Waals surface area contributed by atoms with E-state index in [-0.39, 0.29) is 10.8 Å². The van der Waals surface area contributed by atoms with Gasteiger partial charge in [0.2, 0.25) is 0 Å². The van der Waals surface area contributed by atoms with Gasteiger partial charge in [0.05, 0.1) is 33.5 Å². The van der Waals surface area contributed by atoms with E-state index in [1.165, 1.54) is 121 Å². The van der Waals surface area contributed by atoms with E-state index >= 15 is 0 Å². The van der Waals surface area contributed by atoms with Crippen molar-refractivity contribution < 1.29 is 0 Å². The fourth-order valence-electron chi connectivity index (χ4n) is 15.2. The van der Waals surface area contributed by atoms with Crippen molar-refractivity contribution in [3.8, 4) is 101 Å². The number of fused-ring (bicyclic) bond motifs is 15. The molecule has 0 radical (unpaired) electrons. The van der Waals surface area contributed by atoms with Crippen LogP contribution in [0.2, 0.25) is 0 Å². The molecule has 3 heterocycles. The molecule has 84 heavy (non-hydrogen) atoms. The monoisotopic (exact) mass is 1070 g/mol. The highest BCUT2D eigenvalue weighted by atomic mass is 15.0. The van der Waals surface area contributed by atoms with Crippen molar-refractivity contribution in [2.24, 2.45) is 0 Å². The highest BCUT2D eigenvalue weighted by Crippen LogP contribution is 2.53. The van der Waals surface area contributed by atoms with Crippen LogP contribution in [0.5, 0.6) is 0 Å². The van der Waals surface area contributed by atoms with Crippen LogP contribution in [0.4, 0.5) is 0 Å². The molecule has 3 aliphatic carbocycles. The third kappa shape index (κ3) is 6.54. The summed E-state index contributed by atoms with van der Waals surface area (Å²) in [6.07, 6.45) is 0. The van der Waals surface area contributed by atoms with Crippen LogP contribution >= 0.6 is 0 Å². The van der Waals surface area contributed by atoms with Gasteiger partial charge in [-0.05, 0) is 150 Å². The second-order valence-corrected chi connectivity index (χ2v) is 24.5. The van der Waals surface area contributed by atoms with Crippen molar-refractivity contribution >= 4 is 54.4 Å². The minimum absolute atomic E-state index is 0.0879. The Bertz CT molecular complexity index is 5370. The van der Waals surface area contributed by atoms with Crippen LogP contribution in [-0.2, 0) is 10.8 Å². The molecule has 0 unspecified atom stereocenters. The lowest BCUT2D eigenvalue weighted by molar-refractivity contribution is 0.660. The van der Waals surface area contributed by atoms with Crippen molar-refractivity contribution in [3.63, 3.8) is 0 Å². The summed E-state index contributed by atoms with van der Waals surface area (Å²) in [6, 6.07) is 94.6. The Kier molecular flexibility index (Phi) is 9.60. The Hall–Kier alpha value is -10.4. The number of nitrogens with zero attached hydrogens (tertiary/aromatic N) is 4. The maximum atomic E-state index is 5.60. The van der Waals surface area contributed by atoms with Gasteiger partial charge in [0.1, 0.15) is 0 Å². The normalized spacial score (nSPS) is 13.9. The molecule has 0 N–H and O–H groups in total. The van der Waals surface area contributed by atoms with Gasteiger partial charge in [0.15, 0.2) is 5.82 Å². The van der Waals surface area contributed by atoms with Gasteiger partial charge >= 0.3 is 0 Å². The van der Waals surface area contributed by atoms with Gasteiger partial charge < -0.3 is 9.13 Å². The zero-order valence-corrected chi connectivity index (χ0v) is 47.0. The van der Waals surface area contributed by atoms with Gasteiger partial charge in [-0.3, -0.25) is 0 Å². The standard InChI is InChI=1S/C80H54N4/c1-79(2)66-26-9-5-20-56(66)58-38-36-54(45-68(58)79)83-70-28-11-7-22-60(70)64-43-51(34-40-72(64)83)47-30-32-49(33-31-47)78-81-76(75-62-24-14-16-48-17-15-25-63(74(48)62)77(75)82-78)53-19-13-18-50(42-53)52-35-41-73-65(44-52)61-23-8-12-29-71(61)84(73)55-37-39-59-57-21-6-10-27-67(57)80(3,4)69(59)46-55/h5-46H,1-4H3. The van der Waals surface area contributed by atoms with Gasteiger partial charge in [-0.15, -0.1) is 0 Å². The minimum atomic E-state index is -0.0950. The van der Waals surface area contributed by atoms with Crippen molar-refractivity contribution in [1.82, 2.24) is 19.1 Å². The lowest BCUT2D eigenvalue weighted by atomic mass is 9.82. The number of para-hydroxylation sites is 2. The molecular weight excluding hydrogens is 1020 g/mol. The Balaban J connectivity index is 0.725. The molecule has 18 rings (SSSR count). The molecule has 15 aromatic rings. The fraction of sp³-hybridized carbons (Fsp3) is 0.0750. The first-order valence-corrected chi connectivity index (χ1v) is 29.4. The summed E-state index contributed by atoms with van der Waals surface area (Å²) < 4.78 is 4.90. The van der Waals surface area contributed by atoms with Crippen LogP contribution in [-0.4, -0.2) is 19.1 Å². The molecule has 0 spiro atoms. The summed E-state index contributed by atoms with van der Waals surface area (Å²) in [7, 11) is 0. The van der Waals surface area contributed by atoms with Gasteiger partial charge in [-0.2, -0.15) is 0 Å². The molecule has 0 fully saturated rings. The summed E-state index contributed by atoms with van der Waals surface area (Å²) in [6.45, 7) is 9.43. The quantitative estimate of drug-likeness (QED) is 0.166. The van der Waals surface area contributed by atoms with Crippen LogP contribution in [0, 0.1) is 0 Å². The lowest BCUT2D eigenvalue weighted by Gasteiger charge is -2.22. The maximum Gasteiger partial charge on any atom is 0.160 e. The van der Waals surface area contributed by atoms with E-state index < -0.39 is 0 Å². The molecule has 4 nitrogen and oxygen atoms in total. The summed E-state index contributed by atoms with van der Waals surface area (Å²) in [4.78, 5) is 11.1. The predicted octanol–water partition coefficient (Wildman–Crippen LogP) is 20.8. The Morgan fingerprint density at radius 2 is 0.726 bits per heavy atom. The highest BCUT2D eigenvalue weighted by molar-refractivity contribution is 6.17. The maximum absolute atomic E-state index is 5.60. The smallest absolute Gasteiger partial charge is 0.160 e. The average Bonchev–Trinajstić information content (AvgIpc) is 2.14. The number of rotatable bonds is 6. The largest absolute Gasteiger partial charge is 0.309 e. The molecule has 0 saturated heterocycles. The van der Waals surface area contributed by atoms with Crippen molar-refractivity contribution in [2.45, 2.75) is 38.5 Å². The zero-order chi connectivity index (χ0) is 55.7. The van der Waals surface area contributed by atoms with Gasteiger partial charge in [0.25, 0.3) is 0 Å². The predicted molar refractivity (Wildman–Crippen MR) is 350 cm³/mol. The van der Waals surface area contributed by atoms with Crippen LogP contribution in [0.3, 0.4) is 0 Å².